The molecule has 0 radical (unpaired) electrons. The minimum Gasteiger partial charge on any atom is -0.504 e. The average molecular weight is 881 g/mol. The van der Waals surface area contributed by atoms with Gasteiger partial charge in [-0.25, -0.2) is 9.59 Å². The number of amides is 6. The Labute approximate surface area is 360 Å². The van der Waals surface area contributed by atoms with Crippen LogP contribution in [0.4, 0.5) is 21.0 Å². The lowest BCUT2D eigenvalue weighted by Crippen LogP contribution is -2.53. The molecule has 0 spiro atoms. The molecule has 2 heterocycles. The second kappa shape index (κ2) is 16.4. The molecule has 3 aliphatic rings. The van der Waals surface area contributed by atoms with E-state index in [1.54, 1.807) is 13.0 Å². The van der Waals surface area contributed by atoms with E-state index in [4.69, 9.17) is 23.7 Å². The molecule has 2 aliphatic heterocycles. The number of anilines is 2. The number of benzene rings is 5. The molecule has 8 rings (SSSR count). The molecule has 0 saturated carbocycles. The highest BCUT2D eigenvalue weighted by Gasteiger charge is 2.38. The number of nitrogens with zero attached hydrogens (tertiary/aromatic N) is 2. The molecule has 64 heavy (non-hydrogen) atoms. The number of rotatable bonds is 12. The Morgan fingerprint density at radius 1 is 0.656 bits per heavy atom. The van der Waals surface area contributed by atoms with Gasteiger partial charge in [-0.05, 0) is 19.2 Å². The molecule has 1 atom stereocenters. The third-order valence-electron chi connectivity index (χ3n) is 11.4. The molecule has 332 valence electrons. The summed E-state index contributed by atoms with van der Waals surface area (Å²) in [6, 6.07) is 2.45. The molecule has 1 unspecified atom stereocenters. The van der Waals surface area contributed by atoms with Gasteiger partial charge in [0, 0.05) is 63.3 Å². The van der Waals surface area contributed by atoms with Gasteiger partial charge < -0.3 is 39.4 Å². The molecule has 5 N–H and O–H groups in total. The van der Waals surface area contributed by atoms with Crippen LogP contribution in [-0.2, 0) is 33.4 Å². The first-order chi connectivity index (χ1) is 30.6. The number of phenolic OH excluding ortho intramolecular Hbond substituents is 1. The highest BCUT2D eigenvalue weighted by atomic mass is 16.6. The first kappa shape index (κ1) is 42.7. The zero-order valence-electron chi connectivity index (χ0n) is 35.0. The molecule has 2 fully saturated rings. The predicted octanol–water partition coefficient (Wildman–Crippen LogP) is 1.73. The van der Waals surface area contributed by atoms with E-state index in [1.807, 2.05) is 0 Å². The SMILES string of the molecule is COc1c(O)c2c(=O)cc(OC)c3c4c(OC)cc(=O)c5c(NCCOC(=O)N6CC(=O)NC(=O)C6)c(NCCOC(=O)N6CC(=O)NC(=O)C6)c6c(c(c1C(C(C)=O)C(C)=C6)c23)c54. The Morgan fingerprint density at radius 3 is 1.59 bits per heavy atom. The molecule has 2 saturated heterocycles. The van der Waals surface area contributed by atoms with Crippen LogP contribution in [0, 0.1) is 0 Å². The van der Waals surface area contributed by atoms with Gasteiger partial charge in [-0.3, -0.25) is 54.0 Å². The Balaban J connectivity index is 1.37. The van der Waals surface area contributed by atoms with E-state index >= 15 is 0 Å². The van der Waals surface area contributed by atoms with Crippen molar-refractivity contribution in [3.05, 3.63) is 49.3 Å². The van der Waals surface area contributed by atoms with Gasteiger partial charge in [-0.2, -0.15) is 0 Å². The zero-order chi connectivity index (χ0) is 45.9. The van der Waals surface area contributed by atoms with Gasteiger partial charge in [0.2, 0.25) is 23.6 Å². The van der Waals surface area contributed by atoms with Crippen molar-refractivity contribution < 1.29 is 62.4 Å². The molecule has 1 aliphatic carbocycles. The quantitative estimate of drug-likeness (QED) is 0.0517. The maximum atomic E-state index is 14.6. The molecule has 6 amide bonds. The number of ether oxygens (including phenoxy) is 5. The minimum absolute atomic E-state index is 0.0638. The van der Waals surface area contributed by atoms with E-state index in [0.29, 0.717) is 32.7 Å². The van der Waals surface area contributed by atoms with Crippen molar-refractivity contribution in [2.45, 2.75) is 19.8 Å². The monoisotopic (exact) mass is 880 g/mol. The molecule has 0 bridgehead atoms. The van der Waals surface area contributed by atoms with Crippen molar-refractivity contribution >= 4 is 102 Å². The topological polar surface area (TPSA) is 275 Å². The first-order valence-electron chi connectivity index (χ1n) is 19.8. The van der Waals surface area contributed by atoms with E-state index in [-0.39, 0.29) is 87.8 Å². The maximum Gasteiger partial charge on any atom is 0.410 e. The van der Waals surface area contributed by atoms with E-state index in [1.165, 1.54) is 40.4 Å². The van der Waals surface area contributed by atoms with Crippen LogP contribution in [0.2, 0.25) is 0 Å². The van der Waals surface area contributed by atoms with E-state index < -0.39 is 84.5 Å². The number of carbonyl (C=O) groups excluding carboxylic acids is 7. The normalized spacial score (nSPS) is 16.2. The van der Waals surface area contributed by atoms with Crippen LogP contribution in [0.3, 0.4) is 0 Å². The summed E-state index contributed by atoms with van der Waals surface area (Å²) in [6.45, 7) is 0.522. The Kier molecular flexibility index (Phi) is 10.9. The van der Waals surface area contributed by atoms with Crippen LogP contribution in [0.15, 0.2) is 27.3 Å². The highest BCUT2D eigenvalue weighted by Crippen LogP contribution is 2.58. The van der Waals surface area contributed by atoms with E-state index in [9.17, 15) is 48.3 Å². The summed E-state index contributed by atoms with van der Waals surface area (Å²) in [5.74, 6) is -4.61. The molecule has 0 aromatic heterocycles. The minimum atomic E-state index is -1.06. The number of Topliss-reactive ketones (excluding diaryl/α,β-unsaturated/α-hetero) is 1. The number of carbonyl (C=O) groups is 7. The molecule has 5 aromatic carbocycles. The van der Waals surface area contributed by atoms with Crippen LogP contribution in [-0.4, -0.2) is 130 Å². The predicted molar refractivity (Wildman–Crippen MR) is 229 cm³/mol. The third kappa shape index (κ3) is 6.93. The smallest absolute Gasteiger partial charge is 0.410 e. The fourth-order valence-corrected chi connectivity index (χ4v) is 8.99. The average Bonchev–Trinajstić information content (AvgIpc) is 3.37. The number of hydrogen-bond acceptors (Lipinski definition) is 17. The van der Waals surface area contributed by atoms with Crippen LogP contribution in [0.5, 0.6) is 23.0 Å². The van der Waals surface area contributed by atoms with Gasteiger partial charge in [-0.1, -0.05) is 11.6 Å². The summed E-state index contributed by atoms with van der Waals surface area (Å²) in [7, 11) is 4.01. The number of phenols is 1. The second-order valence-corrected chi connectivity index (χ2v) is 15.3. The number of methoxy groups -OCH3 is 3. The number of aromatic hydroxyl groups is 1. The van der Waals surface area contributed by atoms with Gasteiger partial charge in [0.05, 0.1) is 49.4 Å². The number of ketones is 1. The van der Waals surface area contributed by atoms with E-state index in [0.717, 1.165) is 9.80 Å². The highest BCUT2D eigenvalue weighted by molar-refractivity contribution is 6.40. The summed E-state index contributed by atoms with van der Waals surface area (Å²) >= 11 is 0. The van der Waals surface area contributed by atoms with Crippen LogP contribution < -0.4 is 46.3 Å². The number of nitrogens with one attached hydrogen (secondary N) is 4. The van der Waals surface area contributed by atoms with Crippen molar-refractivity contribution in [1.29, 1.82) is 0 Å². The number of hydrogen-bond donors (Lipinski definition) is 5. The molecule has 21 nitrogen and oxygen atoms in total. The van der Waals surface area contributed by atoms with Crippen LogP contribution in [0.1, 0.15) is 30.9 Å². The van der Waals surface area contributed by atoms with Gasteiger partial charge in [0.25, 0.3) is 0 Å². The summed E-state index contributed by atoms with van der Waals surface area (Å²) in [4.78, 5) is 118. The third-order valence-corrected chi connectivity index (χ3v) is 11.4. The van der Waals surface area contributed by atoms with Gasteiger partial charge in [0.15, 0.2) is 22.4 Å². The van der Waals surface area contributed by atoms with Crippen molar-refractivity contribution in [2.75, 3.05) is 84.4 Å². The summed E-state index contributed by atoms with van der Waals surface area (Å²) in [5.41, 5.74) is 0.269. The van der Waals surface area contributed by atoms with Gasteiger partial charge in [-0.15, -0.1) is 0 Å². The Morgan fingerprint density at radius 2 is 1.12 bits per heavy atom. The number of fused-ring (bicyclic) bond motifs is 1. The van der Waals surface area contributed by atoms with Crippen molar-refractivity contribution in [2.24, 2.45) is 0 Å². The second-order valence-electron chi connectivity index (χ2n) is 15.3. The molecular formula is C43H40N6O15. The summed E-state index contributed by atoms with van der Waals surface area (Å²) < 4.78 is 28.4. The number of piperazine rings is 2. The fourth-order valence-electron chi connectivity index (χ4n) is 8.99. The Hall–Kier alpha value is -7.97. The number of imide groups is 2. The molecule has 21 heteroatoms. The lowest BCUT2D eigenvalue weighted by atomic mass is 9.80. The van der Waals surface area contributed by atoms with Crippen molar-refractivity contribution in [3.63, 3.8) is 0 Å². The molecular weight excluding hydrogens is 840 g/mol. The molecule has 5 aromatic rings. The number of allylic oxidation sites excluding steroid dienone is 1. The first-order valence-corrected chi connectivity index (χ1v) is 19.8. The van der Waals surface area contributed by atoms with Gasteiger partial charge in [0.1, 0.15) is 56.7 Å². The van der Waals surface area contributed by atoms with E-state index in [2.05, 4.69) is 21.3 Å². The maximum absolute atomic E-state index is 14.6. The van der Waals surface area contributed by atoms with Gasteiger partial charge >= 0.3 is 12.2 Å². The standard InChI is InChI=1S/C43H40N6O15/c1-17-10-19-29-34-30(20(51)11-22(60-3)32(34)33-23(61-4)12-21(52)31-36(33)35(29)37(28(17)18(2)50)41(62-5)40(31)57)39(45-7-9-64-43(59)49-15-26(55)47-27(56)16-49)38(19)44-6-8-63-42(58)48-13-24(53)46-25(54)14-48/h10-12,28,44-45,57H,6-9,13-16H2,1-5H3,(H,46,53,54)(H,47,55,56). The Bertz CT molecular complexity index is 3030. The van der Waals surface area contributed by atoms with Crippen molar-refractivity contribution in [1.82, 2.24) is 20.4 Å². The summed E-state index contributed by atoms with van der Waals surface area (Å²) in [6.07, 6.45) is -0.162. The lowest BCUT2D eigenvalue weighted by molar-refractivity contribution is -0.136. The van der Waals surface area contributed by atoms with Crippen LogP contribution >= 0.6 is 0 Å². The zero-order valence-corrected chi connectivity index (χ0v) is 35.0. The summed E-state index contributed by atoms with van der Waals surface area (Å²) in [5, 5.41) is 24.3. The largest absolute Gasteiger partial charge is 0.504 e. The fraction of sp³-hybridized carbons (Fsp3) is 0.326. The van der Waals surface area contributed by atoms with Crippen LogP contribution in [0.25, 0.3) is 49.2 Å². The van der Waals surface area contributed by atoms with Crippen molar-refractivity contribution in [3.8, 4) is 23.0 Å². The lowest BCUT2D eigenvalue weighted by Gasteiger charge is -2.27.